The first-order valence-corrected chi connectivity index (χ1v) is 7.80. The van der Waals surface area contributed by atoms with Crippen LogP contribution in [-0.4, -0.2) is 26.7 Å². The second-order valence-electron chi connectivity index (χ2n) is 5.76. The maximum absolute atomic E-state index is 12.8. The van der Waals surface area contributed by atoms with Crippen LogP contribution in [0.5, 0.6) is 0 Å². The summed E-state index contributed by atoms with van der Waals surface area (Å²) < 4.78 is 0. The van der Waals surface area contributed by atoms with E-state index in [1.165, 1.54) is 18.2 Å². The molecule has 2 aromatic carbocycles. The van der Waals surface area contributed by atoms with Crippen molar-refractivity contribution in [2.24, 2.45) is 5.10 Å². The molecule has 1 aliphatic heterocycles. The lowest BCUT2D eigenvalue weighted by atomic mass is 9.97. The molecule has 128 valence electrons. The molecule has 3 rings (SSSR count). The summed E-state index contributed by atoms with van der Waals surface area (Å²) in [5.41, 5.74) is -0.788. The first kappa shape index (κ1) is 17.1. The predicted molar refractivity (Wildman–Crippen MR) is 92.3 cm³/mol. The topological polar surface area (TPSA) is 96.0 Å². The molecule has 25 heavy (non-hydrogen) atoms. The maximum Gasteiger partial charge on any atom is 0.277 e. The summed E-state index contributed by atoms with van der Waals surface area (Å²) in [5, 5.41) is 27.6. The maximum atomic E-state index is 12.8. The SMILES string of the molecule is CC1=NN(C(=O)c2cccc([N+](=O)[O-])c2)[C@](O)(c2ccc(Cl)cc2)C1. The molecule has 0 bridgehead atoms. The summed E-state index contributed by atoms with van der Waals surface area (Å²) in [6, 6.07) is 11.8. The van der Waals surface area contributed by atoms with E-state index in [4.69, 9.17) is 11.6 Å². The fourth-order valence-corrected chi connectivity index (χ4v) is 2.88. The van der Waals surface area contributed by atoms with Crippen molar-refractivity contribution < 1.29 is 14.8 Å². The zero-order valence-electron chi connectivity index (χ0n) is 13.2. The Hall–Kier alpha value is -2.77. The molecule has 0 spiro atoms. The zero-order valence-corrected chi connectivity index (χ0v) is 14.0. The van der Waals surface area contributed by atoms with Gasteiger partial charge in [0.05, 0.1) is 4.92 Å². The quantitative estimate of drug-likeness (QED) is 0.671. The summed E-state index contributed by atoms with van der Waals surface area (Å²) in [5.74, 6) is -0.627. The van der Waals surface area contributed by atoms with E-state index in [1.807, 2.05) is 0 Å². The largest absolute Gasteiger partial charge is 0.365 e. The molecular weight excluding hydrogens is 346 g/mol. The average Bonchev–Trinajstić information content (AvgIpc) is 2.90. The van der Waals surface area contributed by atoms with Gasteiger partial charge in [-0.05, 0) is 25.1 Å². The van der Waals surface area contributed by atoms with Gasteiger partial charge in [-0.1, -0.05) is 29.8 Å². The van der Waals surface area contributed by atoms with Crippen LogP contribution in [0.1, 0.15) is 29.3 Å². The molecule has 1 aliphatic rings. The highest BCUT2D eigenvalue weighted by molar-refractivity contribution is 6.30. The van der Waals surface area contributed by atoms with E-state index in [1.54, 1.807) is 31.2 Å². The van der Waals surface area contributed by atoms with Crippen molar-refractivity contribution in [3.63, 3.8) is 0 Å². The van der Waals surface area contributed by atoms with E-state index < -0.39 is 16.6 Å². The van der Waals surface area contributed by atoms with Crippen molar-refractivity contribution in [2.75, 3.05) is 0 Å². The Morgan fingerprint density at radius 3 is 2.64 bits per heavy atom. The molecule has 0 saturated heterocycles. The van der Waals surface area contributed by atoms with Crippen molar-refractivity contribution in [3.05, 3.63) is 74.8 Å². The number of aliphatic hydroxyl groups is 1. The molecule has 8 heteroatoms. The molecule has 0 fully saturated rings. The normalized spacial score (nSPS) is 19.6. The van der Waals surface area contributed by atoms with E-state index in [0.29, 0.717) is 16.3 Å². The predicted octanol–water partition coefficient (Wildman–Crippen LogP) is 3.32. The number of hydrazone groups is 1. The molecular formula is C17H14ClN3O4. The van der Waals surface area contributed by atoms with Crippen LogP contribution in [0.25, 0.3) is 0 Å². The van der Waals surface area contributed by atoms with Crippen LogP contribution in [0.15, 0.2) is 53.6 Å². The number of amides is 1. The van der Waals surface area contributed by atoms with Crippen molar-refractivity contribution in [1.82, 2.24) is 5.01 Å². The molecule has 1 N–H and O–H groups in total. The standard InChI is InChI=1S/C17H14ClN3O4/c1-11-10-17(23,13-5-7-14(18)8-6-13)20(19-11)16(22)12-3-2-4-15(9-12)21(24)25/h2-9,23H,10H2,1H3/t17-/m1/s1. The number of nitro benzene ring substituents is 1. The van der Waals surface area contributed by atoms with Gasteiger partial charge in [0.2, 0.25) is 0 Å². The van der Waals surface area contributed by atoms with Crippen molar-refractivity contribution in [2.45, 2.75) is 19.1 Å². The molecule has 7 nitrogen and oxygen atoms in total. The van der Waals surface area contributed by atoms with Crippen LogP contribution in [0.4, 0.5) is 5.69 Å². The van der Waals surface area contributed by atoms with Crippen LogP contribution in [0.3, 0.4) is 0 Å². The van der Waals surface area contributed by atoms with E-state index >= 15 is 0 Å². The molecule has 0 aromatic heterocycles. The smallest absolute Gasteiger partial charge is 0.277 e. The lowest BCUT2D eigenvalue weighted by Crippen LogP contribution is -2.43. The van der Waals surface area contributed by atoms with Gasteiger partial charge >= 0.3 is 0 Å². The van der Waals surface area contributed by atoms with Gasteiger partial charge in [0.25, 0.3) is 11.6 Å². The lowest BCUT2D eigenvalue weighted by molar-refractivity contribution is -0.384. The van der Waals surface area contributed by atoms with Crippen LogP contribution in [-0.2, 0) is 5.72 Å². The van der Waals surface area contributed by atoms with Crippen LogP contribution < -0.4 is 0 Å². The summed E-state index contributed by atoms with van der Waals surface area (Å²) in [6.45, 7) is 1.70. The summed E-state index contributed by atoms with van der Waals surface area (Å²) in [4.78, 5) is 23.2. The number of halogens is 1. The van der Waals surface area contributed by atoms with E-state index in [-0.39, 0.29) is 17.7 Å². The Labute approximate surface area is 148 Å². The third-order valence-corrected chi connectivity index (χ3v) is 4.18. The van der Waals surface area contributed by atoms with E-state index in [2.05, 4.69) is 5.10 Å². The number of hydrogen-bond donors (Lipinski definition) is 1. The third-order valence-electron chi connectivity index (χ3n) is 3.93. The molecule has 2 aromatic rings. The molecule has 0 radical (unpaired) electrons. The highest BCUT2D eigenvalue weighted by atomic mass is 35.5. The van der Waals surface area contributed by atoms with Gasteiger partial charge in [0, 0.05) is 40.4 Å². The van der Waals surface area contributed by atoms with Crippen LogP contribution in [0.2, 0.25) is 5.02 Å². The number of nitro groups is 1. The number of nitrogens with zero attached hydrogens (tertiary/aromatic N) is 3. The Bertz CT molecular complexity index is 882. The first-order chi connectivity index (χ1) is 11.8. The van der Waals surface area contributed by atoms with Gasteiger partial charge in [-0.25, -0.2) is 0 Å². The summed E-state index contributed by atoms with van der Waals surface area (Å²) in [7, 11) is 0. The monoisotopic (exact) mass is 359 g/mol. The molecule has 1 atom stereocenters. The second kappa shape index (κ2) is 6.27. The number of non-ortho nitro benzene ring substituents is 1. The Morgan fingerprint density at radius 1 is 1.32 bits per heavy atom. The lowest BCUT2D eigenvalue weighted by Gasteiger charge is -2.31. The van der Waals surface area contributed by atoms with Crippen LogP contribution >= 0.6 is 11.6 Å². The minimum Gasteiger partial charge on any atom is -0.365 e. The molecule has 1 amide bonds. The van der Waals surface area contributed by atoms with Crippen LogP contribution in [0, 0.1) is 10.1 Å². The molecule has 0 aliphatic carbocycles. The van der Waals surface area contributed by atoms with Gasteiger partial charge in [-0.2, -0.15) is 10.1 Å². The number of carbonyl (C=O) groups excluding carboxylic acids is 1. The first-order valence-electron chi connectivity index (χ1n) is 7.43. The van der Waals surface area contributed by atoms with Crippen molar-refractivity contribution in [3.8, 4) is 0 Å². The van der Waals surface area contributed by atoms with Gasteiger partial charge in [0.1, 0.15) is 0 Å². The average molecular weight is 360 g/mol. The fraction of sp³-hybridized carbons (Fsp3) is 0.176. The molecule has 1 heterocycles. The highest BCUT2D eigenvalue weighted by Gasteiger charge is 2.45. The second-order valence-corrected chi connectivity index (χ2v) is 6.20. The Morgan fingerprint density at radius 2 is 2.00 bits per heavy atom. The fourth-order valence-electron chi connectivity index (χ4n) is 2.75. The number of benzene rings is 2. The van der Waals surface area contributed by atoms with E-state index in [0.717, 1.165) is 11.1 Å². The van der Waals surface area contributed by atoms with Gasteiger partial charge in [0.15, 0.2) is 5.72 Å². The van der Waals surface area contributed by atoms with Gasteiger partial charge < -0.3 is 5.11 Å². The minimum atomic E-state index is -1.67. The molecule has 0 unspecified atom stereocenters. The number of rotatable bonds is 3. The van der Waals surface area contributed by atoms with E-state index in [9.17, 15) is 20.0 Å². The summed E-state index contributed by atoms with van der Waals surface area (Å²) in [6.07, 6.45) is 0.134. The van der Waals surface area contributed by atoms with Gasteiger partial charge in [-0.15, -0.1) is 0 Å². The molecule has 0 saturated carbocycles. The zero-order chi connectivity index (χ0) is 18.2. The number of hydrogen-bond acceptors (Lipinski definition) is 5. The minimum absolute atomic E-state index is 0.0695. The summed E-state index contributed by atoms with van der Waals surface area (Å²) >= 11 is 5.88. The Balaban J connectivity index is 2.01. The highest BCUT2D eigenvalue weighted by Crippen LogP contribution is 2.37. The van der Waals surface area contributed by atoms with Gasteiger partial charge in [-0.3, -0.25) is 14.9 Å². The number of carbonyl (C=O) groups is 1. The third kappa shape index (κ3) is 3.11. The van der Waals surface area contributed by atoms with Crippen molar-refractivity contribution in [1.29, 1.82) is 0 Å². The Kier molecular flexibility index (Phi) is 4.28. The van der Waals surface area contributed by atoms with Crippen molar-refractivity contribution >= 4 is 28.9 Å².